The van der Waals surface area contributed by atoms with Gasteiger partial charge in [-0.25, -0.2) is 14.8 Å². The normalized spacial score (nSPS) is 18.2. The molecule has 0 radical (unpaired) electrons. The number of carbonyl (C=O) groups is 3. The number of benzene rings is 3. The summed E-state index contributed by atoms with van der Waals surface area (Å²) in [6.07, 6.45) is 6.86. The summed E-state index contributed by atoms with van der Waals surface area (Å²) in [7, 11) is 1.30. The van der Waals surface area contributed by atoms with Crippen molar-refractivity contribution in [2.45, 2.75) is 72.5 Å². The highest BCUT2D eigenvalue weighted by Gasteiger charge is 2.38. The van der Waals surface area contributed by atoms with Gasteiger partial charge in [-0.2, -0.15) is 0 Å². The fourth-order valence-electron chi connectivity index (χ4n) is 7.68. The number of amides is 3. The van der Waals surface area contributed by atoms with E-state index in [1.54, 1.807) is 0 Å². The van der Waals surface area contributed by atoms with Crippen LogP contribution in [0.15, 0.2) is 84.7 Å². The van der Waals surface area contributed by atoms with Gasteiger partial charge in [0.25, 0.3) is 0 Å². The molecule has 7 rings (SSSR count). The van der Waals surface area contributed by atoms with Crippen LogP contribution in [0.2, 0.25) is 0 Å². The Kier molecular flexibility index (Phi) is 10.6. The molecular weight excluding hydrogens is 691 g/mol. The highest BCUT2D eigenvalue weighted by Crippen LogP contribution is 2.35. The minimum Gasteiger partial charge on any atom is -0.453 e. The van der Waals surface area contributed by atoms with Crippen LogP contribution in [0.5, 0.6) is 0 Å². The van der Waals surface area contributed by atoms with Crippen molar-refractivity contribution in [3.8, 4) is 33.6 Å². The zero-order valence-electron chi connectivity index (χ0n) is 32.7. The molecule has 3 aromatic carbocycles. The van der Waals surface area contributed by atoms with Crippen LogP contribution in [-0.2, 0) is 14.3 Å². The molecule has 2 aliphatic heterocycles. The van der Waals surface area contributed by atoms with E-state index in [-0.39, 0.29) is 41.7 Å². The van der Waals surface area contributed by atoms with Gasteiger partial charge in [0.2, 0.25) is 11.8 Å². The summed E-state index contributed by atoms with van der Waals surface area (Å²) in [5.74, 6) is 1.67. The Morgan fingerprint density at radius 3 is 2.04 bits per heavy atom. The number of nitrogens with zero attached hydrogens (tertiary/aromatic N) is 4. The van der Waals surface area contributed by atoms with Gasteiger partial charge >= 0.3 is 6.09 Å². The molecule has 0 unspecified atom stereocenters. The Morgan fingerprint density at radius 1 is 0.764 bits per heavy atom. The molecule has 55 heavy (non-hydrogen) atoms. The van der Waals surface area contributed by atoms with E-state index in [2.05, 4.69) is 103 Å². The van der Waals surface area contributed by atoms with Crippen molar-refractivity contribution in [3.63, 3.8) is 0 Å². The molecular formula is C44H51N7O4. The predicted octanol–water partition coefficient (Wildman–Crippen LogP) is 8.45. The number of aromatic nitrogens is 4. The van der Waals surface area contributed by atoms with Gasteiger partial charge in [0.05, 0.1) is 36.9 Å². The van der Waals surface area contributed by atoms with Crippen molar-refractivity contribution in [1.29, 1.82) is 0 Å². The first-order valence-corrected chi connectivity index (χ1v) is 19.3. The molecule has 4 atom stereocenters. The van der Waals surface area contributed by atoms with Crippen LogP contribution < -0.4 is 5.32 Å². The summed E-state index contributed by atoms with van der Waals surface area (Å²) in [5.41, 5.74) is 7.24. The van der Waals surface area contributed by atoms with Crippen LogP contribution in [0.3, 0.4) is 0 Å². The number of fused-ring (bicyclic) bond motifs is 1. The van der Waals surface area contributed by atoms with Gasteiger partial charge in [-0.1, -0.05) is 94.8 Å². The average Bonchev–Trinajstić information content (AvgIpc) is 4.02. The van der Waals surface area contributed by atoms with E-state index < -0.39 is 12.1 Å². The molecule has 11 heteroatoms. The van der Waals surface area contributed by atoms with E-state index in [4.69, 9.17) is 14.7 Å². The number of rotatable bonds is 10. The first kappa shape index (κ1) is 37.6. The maximum Gasteiger partial charge on any atom is 0.407 e. The number of hydrogen-bond donors (Lipinski definition) is 3. The first-order chi connectivity index (χ1) is 26.4. The van der Waals surface area contributed by atoms with Crippen LogP contribution >= 0.6 is 0 Å². The SMILES string of the molecule is COC(=O)N[C@H](C(=O)N1CCC[C@H]1c1ncc(-c2ccc3cc(-c4ccc(-c5cnc([C@@H]6C=C(C)CN6C(=O)[C@@H](C)C(C)C)[nH]5)cc4)ccc3c2)[nH]1)C(C)C. The zero-order valence-corrected chi connectivity index (χ0v) is 32.7. The smallest absolute Gasteiger partial charge is 0.407 e. The lowest BCUT2D eigenvalue weighted by Gasteiger charge is -2.30. The monoisotopic (exact) mass is 741 g/mol. The molecule has 3 N–H and O–H groups in total. The molecule has 1 saturated heterocycles. The number of imidazole rings is 2. The van der Waals surface area contributed by atoms with Gasteiger partial charge in [-0.05, 0) is 71.2 Å². The molecule has 5 aromatic rings. The lowest BCUT2D eigenvalue weighted by atomic mass is 9.96. The Balaban J connectivity index is 1.04. The first-order valence-electron chi connectivity index (χ1n) is 19.3. The molecule has 0 bridgehead atoms. The van der Waals surface area contributed by atoms with Crippen molar-refractivity contribution < 1.29 is 19.1 Å². The Labute approximate surface area is 322 Å². The highest BCUT2D eigenvalue weighted by molar-refractivity contribution is 5.91. The van der Waals surface area contributed by atoms with Gasteiger partial charge in [0.1, 0.15) is 23.7 Å². The molecule has 11 nitrogen and oxygen atoms in total. The van der Waals surface area contributed by atoms with Crippen LogP contribution in [0, 0.1) is 17.8 Å². The number of carbonyl (C=O) groups excluding carboxylic acids is 3. The lowest BCUT2D eigenvalue weighted by molar-refractivity contribution is -0.137. The second kappa shape index (κ2) is 15.6. The maximum absolute atomic E-state index is 13.6. The number of likely N-dealkylation sites (tertiary alicyclic amines) is 1. The molecule has 3 amide bonds. The molecule has 1 fully saturated rings. The third kappa shape index (κ3) is 7.65. The van der Waals surface area contributed by atoms with E-state index in [9.17, 15) is 14.4 Å². The standard InChI is InChI=1S/C44H51N7O4/c1-25(2)28(6)42(52)51-24-27(5)19-38(51)41-46-22-35(47-41)30-12-10-29(11-13-30)31-14-15-33-21-34(17-16-32(33)20-31)36-23-45-40(48-36)37-9-8-18-50(37)43(53)39(26(3)4)49-44(54)55-7/h10-17,19-23,25-26,28,37-39H,8-9,18,24H2,1-7H3,(H,45,48)(H,46,47)(H,49,54)/t28-,37-,38-,39-/m0/s1. The molecule has 4 heterocycles. The number of ether oxygens (including phenoxy) is 1. The fraction of sp³-hybridized carbons (Fsp3) is 0.386. The number of methoxy groups -OCH3 is 1. The topological polar surface area (TPSA) is 136 Å². The molecule has 286 valence electrons. The summed E-state index contributed by atoms with van der Waals surface area (Å²) in [5, 5.41) is 4.94. The second-order valence-corrected chi connectivity index (χ2v) is 15.7. The predicted molar refractivity (Wildman–Crippen MR) is 215 cm³/mol. The van der Waals surface area contributed by atoms with Gasteiger partial charge in [-0.3, -0.25) is 9.59 Å². The Bertz CT molecular complexity index is 2230. The largest absolute Gasteiger partial charge is 0.453 e. The van der Waals surface area contributed by atoms with E-state index in [1.165, 1.54) is 12.7 Å². The Hall–Kier alpha value is -5.71. The molecule has 0 saturated carbocycles. The van der Waals surface area contributed by atoms with Crippen LogP contribution in [-0.4, -0.2) is 73.9 Å². The average molecular weight is 742 g/mol. The maximum atomic E-state index is 13.6. The quantitative estimate of drug-likeness (QED) is 0.123. The van der Waals surface area contributed by atoms with Crippen LogP contribution in [0.25, 0.3) is 44.4 Å². The number of alkyl carbamates (subject to hydrolysis) is 1. The lowest BCUT2D eigenvalue weighted by Crippen LogP contribution is -2.51. The number of hydrogen-bond acceptors (Lipinski definition) is 6. The van der Waals surface area contributed by atoms with Gasteiger partial charge in [-0.15, -0.1) is 0 Å². The summed E-state index contributed by atoms with van der Waals surface area (Å²) in [4.78, 5) is 59.0. The highest BCUT2D eigenvalue weighted by atomic mass is 16.5. The van der Waals surface area contributed by atoms with Crippen LogP contribution in [0.1, 0.15) is 78.1 Å². The molecule has 2 aromatic heterocycles. The van der Waals surface area contributed by atoms with Crippen LogP contribution in [0.4, 0.5) is 4.79 Å². The van der Waals surface area contributed by atoms with Crippen molar-refractivity contribution in [2.24, 2.45) is 17.8 Å². The summed E-state index contributed by atoms with van der Waals surface area (Å²) < 4.78 is 4.77. The second-order valence-electron chi connectivity index (χ2n) is 15.7. The van der Waals surface area contributed by atoms with Crippen molar-refractivity contribution in [2.75, 3.05) is 20.2 Å². The molecule has 0 spiro atoms. The molecule has 2 aliphatic rings. The minimum absolute atomic E-state index is 0.0536. The van der Waals surface area contributed by atoms with Gasteiger partial charge < -0.3 is 29.8 Å². The minimum atomic E-state index is -0.678. The summed E-state index contributed by atoms with van der Waals surface area (Å²) in [6, 6.07) is 20.3. The zero-order chi connectivity index (χ0) is 39.0. The number of H-pyrrole nitrogens is 2. The van der Waals surface area contributed by atoms with Crippen molar-refractivity contribution in [3.05, 3.63) is 96.4 Å². The third-order valence-corrected chi connectivity index (χ3v) is 11.3. The van der Waals surface area contributed by atoms with E-state index in [1.807, 2.05) is 43.0 Å². The number of aromatic amines is 2. The number of nitrogens with one attached hydrogen (secondary N) is 3. The fourth-order valence-corrected chi connectivity index (χ4v) is 7.68. The Morgan fingerprint density at radius 2 is 1.36 bits per heavy atom. The van der Waals surface area contributed by atoms with Gasteiger partial charge in [0.15, 0.2) is 0 Å². The van der Waals surface area contributed by atoms with Crippen molar-refractivity contribution >= 4 is 28.7 Å². The third-order valence-electron chi connectivity index (χ3n) is 11.3. The van der Waals surface area contributed by atoms with Gasteiger partial charge in [0, 0.05) is 24.6 Å². The van der Waals surface area contributed by atoms with E-state index in [0.717, 1.165) is 68.9 Å². The van der Waals surface area contributed by atoms with Crippen molar-refractivity contribution in [1.82, 2.24) is 35.1 Å². The van der Waals surface area contributed by atoms with E-state index >= 15 is 0 Å². The molecule has 0 aliphatic carbocycles. The summed E-state index contributed by atoms with van der Waals surface area (Å²) in [6.45, 7) is 13.3. The summed E-state index contributed by atoms with van der Waals surface area (Å²) >= 11 is 0. The van der Waals surface area contributed by atoms with E-state index in [0.29, 0.717) is 13.1 Å².